The predicted molar refractivity (Wildman–Crippen MR) is 59.9 cm³/mol. The van der Waals surface area contributed by atoms with E-state index in [2.05, 4.69) is 4.98 Å². The van der Waals surface area contributed by atoms with Crippen molar-refractivity contribution in [1.29, 1.82) is 0 Å². The SMILES string of the molecule is O=C(O)c1ccn2c(-c3ccco3)ncc2c1. The molecule has 0 aliphatic rings. The van der Waals surface area contributed by atoms with E-state index in [1.165, 1.54) is 6.07 Å². The Labute approximate surface area is 95.9 Å². The molecule has 0 radical (unpaired) electrons. The van der Waals surface area contributed by atoms with Gasteiger partial charge in [0.25, 0.3) is 0 Å². The Balaban J connectivity index is 2.21. The molecule has 0 saturated heterocycles. The number of hydrogen-bond donors (Lipinski definition) is 1. The van der Waals surface area contributed by atoms with Crippen molar-refractivity contribution >= 4 is 11.5 Å². The van der Waals surface area contributed by atoms with Gasteiger partial charge in [-0.3, -0.25) is 4.40 Å². The van der Waals surface area contributed by atoms with Gasteiger partial charge in [0.05, 0.1) is 23.5 Å². The third-order valence-corrected chi connectivity index (χ3v) is 2.52. The summed E-state index contributed by atoms with van der Waals surface area (Å²) in [5.74, 6) is 0.350. The second-order valence-corrected chi connectivity index (χ2v) is 3.57. The van der Waals surface area contributed by atoms with Crippen molar-refractivity contribution in [2.75, 3.05) is 0 Å². The summed E-state index contributed by atoms with van der Waals surface area (Å²) in [7, 11) is 0. The van der Waals surface area contributed by atoms with Crippen LogP contribution in [-0.2, 0) is 0 Å². The summed E-state index contributed by atoms with van der Waals surface area (Å²) in [6, 6.07) is 6.69. The Morgan fingerprint density at radius 1 is 1.41 bits per heavy atom. The second-order valence-electron chi connectivity index (χ2n) is 3.57. The predicted octanol–water partition coefficient (Wildman–Crippen LogP) is 2.29. The molecule has 0 aliphatic heterocycles. The molecule has 0 atom stereocenters. The van der Waals surface area contributed by atoms with Crippen molar-refractivity contribution in [3.8, 4) is 11.6 Å². The lowest BCUT2D eigenvalue weighted by Gasteiger charge is -1.99. The van der Waals surface area contributed by atoms with E-state index in [1.54, 1.807) is 41.3 Å². The Bertz CT molecular complexity index is 683. The number of nitrogens with zero attached hydrogens (tertiary/aromatic N) is 2. The number of pyridine rings is 1. The van der Waals surface area contributed by atoms with Crippen LogP contribution < -0.4 is 0 Å². The van der Waals surface area contributed by atoms with Gasteiger partial charge in [-0.1, -0.05) is 0 Å². The van der Waals surface area contributed by atoms with Gasteiger partial charge in [-0.05, 0) is 24.3 Å². The fraction of sp³-hybridized carbons (Fsp3) is 0. The monoisotopic (exact) mass is 228 g/mol. The highest BCUT2D eigenvalue weighted by atomic mass is 16.4. The smallest absolute Gasteiger partial charge is 0.335 e. The molecule has 3 rings (SSSR count). The maximum atomic E-state index is 10.8. The lowest BCUT2D eigenvalue weighted by atomic mass is 10.2. The van der Waals surface area contributed by atoms with Crippen LogP contribution in [0.15, 0.2) is 47.3 Å². The van der Waals surface area contributed by atoms with Crippen LogP contribution in [0.1, 0.15) is 10.4 Å². The standard InChI is InChI=1S/C12H8N2O3/c15-12(16)8-3-4-14-9(6-8)7-13-11(14)10-2-1-5-17-10/h1-7H,(H,15,16). The first-order valence-electron chi connectivity index (χ1n) is 5.00. The molecule has 0 saturated carbocycles. The van der Waals surface area contributed by atoms with Gasteiger partial charge in [-0.2, -0.15) is 0 Å². The summed E-state index contributed by atoms with van der Waals surface area (Å²) in [4.78, 5) is 15.0. The van der Waals surface area contributed by atoms with Gasteiger partial charge in [-0.15, -0.1) is 0 Å². The van der Waals surface area contributed by atoms with Crippen molar-refractivity contribution in [3.05, 3.63) is 48.5 Å². The number of furan rings is 1. The first kappa shape index (κ1) is 9.65. The van der Waals surface area contributed by atoms with Gasteiger partial charge in [0.15, 0.2) is 11.6 Å². The van der Waals surface area contributed by atoms with E-state index in [-0.39, 0.29) is 5.56 Å². The minimum atomic E-state index is -0.951. The van der Waals surface area contributed by atoms with Crippen molar-refractivity contribution in [2.24, 2.45) is 0 Å². The molecule has 5 heteroatoms. The summed E-state index contributed by atoms with van der Waals surface area (Å²) in [5, 5.41) is 8.89. The molecule has 1 N–H and O–H groups in total. The van der Waals surface area contributed by atoms with Gasteiger partial charge < -0.3 is 9.52 Å². The molecular weight excluding hydrogens is 220 g/mol. The van der Waals surface area contributed by atoms with E-state index in [9.17, 15) is 4.79 Å². The Kier molecular flexibility index (Phi) is 1.98. The van der Waals surface area contributed by atoms with Crippen LogP contribution in [0.25, 0.3) is 17.1 Å². The molecule has 3 aromatic rings. The Morgan fingerprint density at radius 3 is 3.00 bits per heavy atom. The average molecular weight is 228 g/mol. The molecule has 0 spiro atoms. The number of carbonyl (C=O) groups is 1. The first-order chi connectivity index (χ1) is 8.25. The van der Waals surface area contributed by atoms with Crippen LogP contribution in [0.2, 0.25) is 0 Å². The van der Waals surface area contributed by atoms with Crippen molar-refractivity contribution < 1.29 is 14.3 Å². The van der Waals surface area contributed by atoms with Crippen LogP contribution in [0, 0.1) is 0 Å². The average Bonchev–Trinajstić information content (AvgIpc) is 2.96. The Morgan fingerprint density at radius 2 is 2.29 bits per heavy atom. The normalized spacial score (nSPS) is 10.8. The fourth-order valence-corrected chi connectivity index (χ4v) is 1.72. The van der Waals surface area contributed by atoms with E-state index >= 15 is 0 Å². The number of rotatable bonds is 2. The summed E-state index contributed by atoms with van der Waals surface area (Å²) in [6.45, 7) is 0. The minimum absolute atomic E-state index is 0.239. The van der Waals surface area contributed by atoms with Crippen LogP contribution >= 0.6 is 0 Å². The van der Waals surface area contributed by atoms with Gasteiger partial charge in [0.1, 0.15) is 0 Å². The molecule has 0 unspecified atom stereocenters. The van der Waals surface area contributed by atoms with Gasteiger partial charge >= 0.3 is 5.97 Å². The largest absolute Gasteiger partial charge is 0.478 e. The highest BCUT2D eigenvalue weighted by molar-refractivity contribution is 5.89. The number of aromatic carboxylic acids is 1. The second kappa shape index (κ2) is 3.48. The van der Waals surface area contributed by atoms with Gasteiger partial charge in [0.2, 0.25) is 0 Å². The molecule has 5 nitrogen and oxygen atoms in total. The van der Waals surface area contributed by atoms with Gasteiger partial charge in [-0.25, -0.2) is 9.78 Å². The van der Waals surface area contributed by atoms with E-state index in [1.807, 2.05) is 0 Å². The maximum Gasteiger partial charge on any atom is 0.335 e. The van der Waals surface area contributed by atoms with Crippen LogP contribution in [0.3, 0.4) is 0 Å². The summed E-state index contributed by atoms with van der Waals surface area (Å²) >= 11 is 0. The third kappa shape index (κ3) is 1.48. The van der Waals surface area contributed by atoms with E-state index in [4.69, 9.17) is 9.52 Å². The van der Waals surface area contributed by atoms with Crippen molar-refractivity contribution in [1.82, 2.24) is 9.38 Å². The lowest BCUT2D eigenvalue weighted by Crippen LogP contribution is -1.97. The quantitative estimate of drug-likeness (QED) is 0.730. The number of fused-ring (bicyclic) bond motifs is 1. The van der Waals surface area contributed by atoms with E-state index in [0.717, 1.165) is 5.52 Å². The summed E-state index contributed by atoms with van der Waals surface area (Å²) in [5.41, 5.74) is 0.958. The maximum absolute atomic E-state index is 10.8. The molecule has 3 heterocycles. The highest BCUT2D eigenvalue weighted by Gasteiger charge is 2.10. The molecule has 0 fully saturated rings. The zero-order chi connectivity index (χ0) is 11.8. The number of aromatic nitrogens is 2. The topological polar surface area (TPSA) is 67.7 Å². The number of carboxylic acids is 1. The third-order valence-electron chi connectivity index (χ3n) is 2.52. The molecule has 0 aliphatic carbocycles. The first-order valence-corrected chi connectivity index (χ1v) is 5.00. The van der Waals surface area contributed by atoms with Crippen LogP contribution in [0.5, 0.6) is 0 Å². The molecule has 0 amide bonds. The zero-order valence-electron chi connectivity index (χ0n) is 8.70. The fourth-order valence-electron chi connectivity index (χ4n) is 1.72. The minimum Gasteiger partial charge on any atom is -0.478 e. The number of hydrogen-bond acceptors (Lipinski definition) is 3. The van der Waals surface area contributed by atoms with Crippen molar-refractivity contribution in [3.63, 3.8) is 0 Å². The van der Waals surface area contributed by atoms with Crippen molar-refractivity contribution in [2.45, 2.75) is 0 Å². The molecule has 17 heavy (non-hydrogen) atoms. The van der Waals surface area contributed by atoms with E-state index in [0.29, 0.717) is 11.6 Å². The summed E-state index contributed by atoms with van der Waals surface area (Å²) < 4.78 is 7.05. The van der Waals surface area contributed by atoms with Crippen LogP contribution in [0.4, 0.5) is 0 Å². The molecule has 84 valence electrons. The zero-order valence-corrected chi connectivity index (χ0v) is 8.70. The van der Waals surface area contributed by atoms with Crippen LogP contribution in [-0.4, -0.2) is 20.5 Å². The Hall–Kier alpha value is -2.56. The molecular formula is C12H8N2O3. The molecule has 3 aromatic heterocycles. The van der Waals surface area contributed by atoms with E-state index < -0.39 is 5.97 Å². The molecule has 0 bridgehead atoms. The number of carboxylic acid groups (broad SMARTS) is 1. The number of imidazole rings is 1. The van der Waals surface area contributed by atoms with Gasteiger partial charge in [0, 0.05) is 6.20 Å². The lowest BCUT2D eigenvalue weighted by molar-refractivity contribution is 0.0697. The summed E-state index contributed by atoms with van der Waals surface area (Å²) in [6.07, 6.45) is 4.86. The highest BCUT2D eigenvalue weighted by Crippen LogP contribution is 2.20. The molecule has 0 aromatic carbocycles.